The molecule has 2 aliphatic heterocycles. The number of aryl methyl sites for hydroxylation is 1. The van der Waals surface area contributed by atoms with Crippen LogP contribution < -0.4 is 4.90 Å². The number of anilines is 1. The Hall–Kier alpha value is -2.12. The van der Waals surface area contributed by atoms with Crippen molar-refractivity contribution < 1.29 is 4.79 Å². The summed E-state index contributed by atoms with van der Waals surface area (Å²) >= 11 is 1.64. The van der Waals surface area contributed by atoms with E-state index in [0.29, 0.717) is 5.91 Å². The van der Waals surface area contributed by atoms with Gasteiger partial charge in [0.25, 0.3) is 0 Å². The Balaban J connectivity index is 1.08. The lowest BCUT2D eigenvalue weighted by Gasteiger charge is -2.42. The molecule has 0 unspecified atom stereocenters. The van der Waals surface area contributed by atoms with Gasteiger partial charge in [-0.05, 0) is 56.9 Å². The third kappa shape index (κ3) is 5.74. The molecule has 1 aliphatic carbocycles. The number of carbonyl (C=O) groups excluding carboxylic acids is 1. The zero-order valence-corrected chi connectivity index (χ0v) is 21.2. The summed E-state index contributed by atoms with van der Waals surface area (Å²) in [5.74, 6) is 1.45. The van der Waals surface area contributed by atoms with E-state index >= 15 is 0 Å². The average Bonchev–Trinajstić information content (AvgIpc) is 2.91. The zero-order valence-electron chi connectivity index (χ0n) is 20.4. The first kappa shape index (κ1) is 23.6. The zero-order chi connectivity index (χ0) is 23.3. The number of hydrogen-bond donors (Lipinski definition) is 0. The highest BCUT2D eigenvalue weighted by Gasteiger charge is 2.32. The van der Waals surface area contributed by atoms with Crippen LogP contribution in [0.4, 0.5) is 5.82 Å². The number of amides is 1. The van der Waals surface area contributed by atoms with Crippen molar-refractivity contribution >= 4 is 23.5 Å². The SMILES string of the molecule is Cc1ccc(Sc2ccc(N3CCC(C(=O)N4CCN(C5CCCCC5)CC4)CC3)nn2)cc1. The maximum atomic E-state index is 13.2. The Bertz CT molecular complexity index is 928. The quantitative estimate of drug-likeness (QED) is 0.623. The number of nitrogens with zero attached hydrogens (tertiary/aromatic N) is 5. The molecule has 7 heteroatoms. The highest BCUT2D eigenvalue weighted by molar-refractivity contribution is 7.99. The smallest absolute Gasteiger partial charge is 0.225 e. The lowest BCUT2D eigenvalue weighted by Crippen LogP contribution is -2.54. The molecular formula is C27H37N5OS. The van der Waals surface area contributed by atoms with E-state index < -0.39 is 0 Å². The monoisotopic (exact) mass is 479 g/mol. The maximum absolute atomic E-state index is 13.2. The van der Waals surface area contributed by atoms with Crippen LogP contribution in [0.25, 0.3) is 0 Å². The summed E-state index contributed by atoms with van der Waals surface area (Å²) in [6, 6.07) is 13.3. The summed E-state index contributed by atoms with van der Waals surface area (Å²) in [5, 5.41) is 9.83. The van der Waals surface area contributed by atoms with Crippen LogP contribution in [0.2, 0.25) is 0 Å². The molecule has 5 rings (SSSR count). The molecule has 6 nitrogen and oxygen atoms in total. The van der Waals surface area contributed by atoms with Gasteiger partial charge in [0, 0.05) is 56.1 Å². The number of hydrogen-bond acceptors (Lipinski definition) is 6. The first-order valence-corrected chi connectivity index (χ1v) is 13.8. The topological polar surface area (TPSA) is 52.6 Å². The number of carbonyl (C=O) groups is 1. The second kappa shape index (κ2) is 11.1. The van der Waals surface area contributed by atoms with Gasteiger partial charge >= 0.3 is 0 Å². The first-order valence-electron chi connectivity index (χ1n) is 13.0. The largest absolute Gasteiger partial charge is 0.355 e. The van der Waals surface area contributed by atoms with Crippen molar-refractivity contribution in [3.8, 4) is 0 Å². The molecular weight excluding hydrogens is 442 g/mol. The third-order valence-electron chi connectivity index (χ3n) is 7.75. The van der Waals surface area contributed by atoms with Crippen molar-refractivity contribution in [2.45, 2.75) is 67.8 Å². The van der Waals surface area contributed by atoms with Crippen LogP contribution in [0.3, 0.4) is 0 Å². The summed E-state index contributed by atoms with van der Waals surface area (Å²) in [6.07, 6.45) is 8.66. The number of benzene rings is 1. The van der Waals surface area contributed by atoms with Gasteiger partial charge < -0.3 is 9.80 Å². The third-order valence-corrected chi connectivity index (χ3v) is 8.69. The minimum absolute atomic E-state index is 0.154. The van der Waals surface area contributed by atoms with Gasteiger partial charge in [0.1, 0.15) is 5.03 Å². The minimum atomic E-state index is 0.154. The molecule has 1 aromatic carbocycles. The minimum Gasteiger partial charge on any atom is -0.355 e. The summed E-state index contributed by atoms with van der Waals surface area (Å²) < 4.78 is 0. The Morgan fingerprint density at radius 2 is 1.53 bits per heavy atom. The Kier molecular flexibility index (Phi) is 7.70. The van der Waals surface area contributed by atoms with Crippen molar-refractivity contribution in [3.63, 3.8) is 0 Å². The van der Waals surface area contributed by atoms with Crippen LogP contribution in [-0.4, -0.2) is 71.2 Å². The number of piperidine rings is 1. The van der Waals surface area contributed by atoms with Crippen molar-refractivity contribution in [3.05, 3.63) is 42.0 Å². The first-order chi connectivity index (χ1) is 16.7. The molecule has 0 bridgehead atoms. The van der Waals surface area contributed by atoms with Gasteiger partial charge in [0.2, 0.25) is 5.91 Å². The molecule has 3 aliphatic rings. The molecule has 1 amide bonds. The molecule has 3 fully saturated rings. The van der Waals surface area contributed by atoms with Gasteiger partial charge in [-0.3, -0.25) is 9.69 Å². The predicted octanol–water partition coefficient (Wildman–Crippen LogP) is 4.63. The summed E-state index contributed by atoms with van der Waals surface area (Å²) in [6.45, 7) is 7.75. The average molecular weight is 480 g/mol. The van der Waals surface area contributed by atoms with Crippen LogP contribution >= 0.6 is 11.8 Å². The molecule has 182 valence electrons. The Labute approximate surface area is 208 Å². The fourth-order valence-corrected chi connectivity index (χ4v) is 6.36. The van der Waals surface area contributed by atoms with E-state index in [2.05, 4.69) is 68.2 Å². The Morgan fingerprint density at radius 1 is 0.824 bits per heavy atom. The molecule has 0 radical (unpaired) electrons. The van der Waals surface area contributed by atoms with Crippen LogP contribution in [0.15, 0.2) is 46.3 Å². The molecule has 0 atom stereocenters. The molecule has 1 aromatic heterocycles. The molecule has 1 saturated carbocycles. The van der Waals surface area contributed by atoms with Gasteiger partial charge in [0.05, 0.1) is 0 Å². The van der Waals surface area contributed by atoms with E-state index in [4.69, 9.17) is 0 Å². The summed E-state index contributed by atoms with van der Waals surface area (Å²) in [5.41, 5.74) is 1.26. The van der Waals surface area contributed by atoms with E-state index in [1.54, 1.807) is 11.8 Å². The number of aromatic nitrogens is 2. The van der Waals surface area contributed by atoms with Crippen LogP contribution in [0.1, 0.15) is 50.5 Å². The second-order valence-corrected chi connectivity index (χ2v) is 11.2. The molecule has 3 heterocycles. The molecule has 2 saturated heterocycles. The fourth-order valence-electron chi connectivity index (χ4n) is 5.63. The van der Waals surface area contributed by atoms with Gasteiger partial charge in [-0.2, -0.15) is 0 Å². The van der Waals surface area contributed by atoms with Crippen LogP contribution in [0, 0.1) is 12.8 Å². The standard InChI is InChI=1S/C27H37N5OS/c1-21-7-9-24(10-8-21)34-26-12-11-25(28-29-26)31-15-13-22(14-16-31)27(33)32-19-17-30(18-20-32)23-5-3-2-4-6-23/h7-12,22-23H,2-6,13-20H2,1H3. The van der Waals surface area contributed by atoms with Crippen LogP contribution in [-0.2, 0) is 4.79 Å². The molecule has 0 spiro atoms. The summed E-state index contributed by atoms with van der Waals surface area (Å²) in [4.78, 5) is 21.4. The highest BCUT2D eigenvalue weighted by atomic mass is 32.2. The second-order valence-electron chi connectivity index (χ2n) is 10.1. The molecule has 2 aromatic rings. The molecule has 0 N–H and O–H groups in total. The molecule has 34 heavy (non-hydrogen) atoms. The van der Waals surface area contributed by atoms with Crippen LogP contribution in [0.5, 0.6) is 0 Å². The summed E-state index contributed by atoms with van der Waals surface area (Å²) in [7, 11) is 0. The van der Waals surface area contributed by atoms with Gasteiger partial charge in [-0.15, -0.1) is 10.2 Å². The number of piperazine rings is 1. The van der Waals surface area contributed by atoms with E-state index in [1.807, 2.05) is 0 Å². The number of rotatable bonds is 5. The van der Waals surface area contributed by atoms with Crippen molar-refractivity contribution in [2.24, 2.45) is 5.92 Å². The van der Waals surface area contributed by atoms with E-state index in [-0.39, 0.29) is 5.92 Å². The lowest BCUT2D eigenvalue weighted by molar-refractivity contribution is -0.138. The van der Waals surface area contributed by atoms with Gasteiger partial charge in [0.15, 0.2) is 5.82 Å². The van der Waals surface area contributed by atoms with Gasteiger partial charge in [-0.1, -0.05) is 48.7 Å². The van der Waals surface area contributed by atoms with E-state index in [0.717, 1.165) is 69.0 Å². The lowest BCUT2D eigenvalue weighted by atomic mass is 9.93. The highest BCUT2D eigenvalue weighted by Crippen LogP contribution is 2.29. The van der Waals surface area contributed by atoms with Gasteiger partial charge in [-0.25, -0.2) is 0 Å². The maximum Gasteiger partial charge on any atom is 0.225 e. The van der Waals surface area contributed by atoms with Crippen molar-refractivity contribution in [1.82, 2.24) is 20.0 Å². The van der Waals surface area contributed by atoms with Crippen molar-refractivity contribution in [2.75, 3.05) is 44.2 Å². The Morgan fingerprint density at radius 3 is 2.18 bits per heavy atom. The van der Waals surface area contributed by atoms with Crippen molar-refractivity contribution in [1.29, 1.82) is 0 Å². The normalized spacial score (nSPS) is 21.1. The predicted molar refractivity (Wildman–Crippen MR) is 137 cm³/mol. The van der Waals surface area contributed by atoms with E-state index in [1.165, 1.54) is 42.6 Å². The fraction of sp³-hybridized carbons (Fsp3) is 0.593. The van der Waals surface area contributed by atoms with E-state index in [9.17, 15) is 4.79 Å².